The van der Waals surface area contributed by atoms with Crippen molar-refractivity contribution < 1.29 is 9.90 Å². The molecule has 0 saturated carbocycles. The Morgan fingerprint density at radius 1 is 1.32 bits per heavy atom. The molecule has 2 rings (SSSR count). The van der Waals surface area contributed by atoms with Crippen molar-refractivity contribution in [3.63, 3.8) is 0 Å². The summed E-state index contributed by atoms with van der Waals surface area (Å²) in [5.41, 5.74) is 1.87. The smallest absolute Gasteiger partial charge is 0.225 e. The van der Waals surface area contributed by atoms with E-state index in [4.69, 9.17) is 0 Å². The molecule has 0 aromatic heterocycles. The predicted octanol–water partition coefficient (Wildman–Crippen LogP) is 2.53. The minimum absolute atomic E-state index is 0.00774. The van der Waals surface area contributed by atoms with Gasteiger partial charge in [0.25, 0.3) is 0 Å². The molecule has 0 saturated heterocycles. The van der Waals surface area contributed by atoms with Crippen LogP contribution in [0.1, 0.15) is 30.9 Å². The first kappa shape index (κ1) is 13.8. The second-order valence-corrected chi connectivity index (χ2v) is 5.30. The molecule has 1 amide bonds. The molecule has 19 heavy (non-hydrogen) atoms. The Balaban J connectivity index is 2.09. The fourth-order valence-electron chi connectivity index (χ4n) is 2.59. The number of nitrogens with zero attached hydrogens (tertiary/aromatic N) is 1. The molecular weight excluding hydrogens is 238 g/mol. The number of rotatable bonds is 3. The van der Waals surface area contributed by atoms with Gasteiger partial charge in [0.2, 0.25) is 5.91 Å². The minimum Gasteiger partial charge on any atom is -0.384 e. The van der Waals surface area contributed by atoms with Crippen molar-refractivity contribution in [1.29, 1.82) is 0 Å². The maximum Gasteiger partial charge on any atom is 0.225 e. The summed E-state index contributed by atoms with van der Waals surface area (Å²) in [5.74, 6) is 0.166. The lowest BCUT2D eigenvalue weighted by molar-refractivity contribution is -0.133. The molecule has 0 spiro atoms. The number of benzene rings is 1. The molecule has 0 radical (unpaired) electrons. The van der Waals surface area contributed by atoms with Gasteiger partial charge in [-0.15, -0.1) is 0 Å². The maximum atomic E-state index is 12.0. The fourth-order valence-corrected chi connectivity index (χ4v) is 2.59. The second kappa shape index (κ2) is 6.02. The van der Waals surface area contributed by atoms with E-state index in [0.717, 1.165) is 24.0 Å². The van der Waals surface area contributed by atoms with Crippen molar-refractivity contribution in [3.8, 4) is 0 Å². The Morgan fingerprint density at radius 2 is 2.00 bits per heavy atom. The number of carbonyl (C=O) groups is 1. The van der Waals surface area contributed by atoms with Gasteiger partial charge in [0.1, 0.15) is 6.10 Å². The van der Waals surface area contributed by atoms with Gasteiger partial charge in [-0.1, -0.05) is 36.4 Å². The van der Waals surface area contributed by atoms with Gasteiger partial charge in [-0.05, 0) is 30.4 Å². The van der Waals surface area contributed by atoms with Crippen LogP contribution < -0.4 is 0 Å². The van der Waals surface area contributed by atoms with E-state index < -0.39 is 6.10 Å². The maximum absolute atomic E-state index is 12.0. The van der Waals surface area contributed by atoms with Crippen molar-refractivity contribution in [2.75, 3.05) is 14.1 Å². The first-order valence-corrected chi connectivity index (χ1v) is 6.72. The Morgan fingerprint density at radius 3 is 2.63 bits per heavy atom. The first-order valence-electron chi connectivity index (χ1n) is 6.72. The first-order chi connectivity index (χ1) is 9.09. The normalized spacial score (nSPS) is 20.6. The van der Waals surface area contributed by atoms with Crippen LogP contribution in [0, 0.1) is 5.92 Å². The highest BCUT2D eigenvalue weighted by Crippen LogP contribution is 2.33. The molecule has 2 unspecified atom stereocenters. The molecule has 0 fully saturated rings. The van der Waals surface area contributed by atoms with Crippen LogP contribution in [-0.4, -0.2) is 30.0 Å². The van der Waals surface area contributed by atoms with Crippen molar-refractivity contribution >= 4 is 5.91 Å². The number of carbonyl (C=O) groups excluding carboxylic acids is 1. The lowest BCUT2D eigenvalue weighted by Gasteiger charge is -2.27. The molecule has 1 aromatic rings. The van der Waals surface area contributed by atoms with Crippen molar-refractivity contribution in [3.05, 3.63) is 47.5 Å². The van der Waals surface area contributed by atoms with Gasteiger partial charge < -0.3 is 10.0 Å². The quantitative estimate of drug-likeness (QED) is 0.847. The molecule has 1 aliphatic carbocycles. The average molecular weight is 259 g/mol. The summed E-state index contributed by atoms with van der Waals surface area (Å²) in [6, 6.07) is 9.62. The van der Waals surface area contributed by atoms with Crippen LogP contribution in [0.2, 0.25) is 0 Å². The monoisotopic (exact) mass is 259 g/mol. The number of allylic oxidation sites excluding steroid dienone is 1. The van der Waals surface area contributed by atoms with Gasteiger partial charge in [-0.3, -0.25) is 4.79 Å². The zero-order valence-corrected chi connectivity index (χ0v) is 11.5. The third kappa shape index (κ3) is 3.24. The van der Waals surface area contributed by atoms with Crippen LogP contribution in [0.15, 0.2) is 42.0 Å². The van der Waals surface area contributed by atoms with E-state index >= 15 is 0 Å². The number of hydrogen-bond acceptors (Lipinski definition) is 2. The average Bonchev–Trinajstić information content (AvgIpc) is 2.46. The van der Waals surface area contributed by atoms with E-state index in [9.17, 15) is 9.90 Å². The molecule has 1 N–H and O–H groups in total. The van der Waals surface area contributed by atoms with Gasteiger partial charge in [-0.25, -0.2) is 0 Å². The van der Waals surface area contributed by atoms with Crippen LogP contribution in [0.3, 0.4) is 0 Å². The zero-order chi connectivity index (χ0) is 13.8. The molecule has 0 aliphatic heterocycles. The Labute approximate surface area is 114 Å². The molecule has 1 aromatic carbocycles. The van der Waals surface area contributed by atoms with Crippen LogP contribution in [-0.2, 0) is 4.79 Å². The summed E-state index contributed by atoms with van der Waals surface area (Å²) in [6.07, 6.45) is 3.90. The minimum atomic E-state index is -0.584. The molecule has 3 nitrogen and oxygen atoms in total. The van der Waals surface area contributed by atoms with E-state index in [-0.39, 0.29) is 11.8 Å². The summed E-state index contributed by atoms with van der Waals surface area (Å²) in [4.78, 5) is 13.7. The van der Waals surface area contributed by atoms with Gasteiger partial charge in [0, 0.05) is 20.0 Å². The number of amides is 1. The SMILES string of the molecule is CN(C)C(=O)C1CCC=C(C(O)c2ccccc2)C1. The van der Waals surface area contributed by atoms with Crippen molar-refractivity contribution in [2.45, 2.75) is 25.4 Å². The van der Waals surface area contributed by atoms with E-state index in [2.05, 4.69) is 6.08 Å². The van der Waals surface area contributed by atoms with E-state index in [0.29, 0.717) is 6.42 Å². The molecular formula is C16H21NO2. The number of hydrogen-bond donors (Lipinski definition) is 1. The highest BCUT2D eigenvalue weighted by atomic mass is 16.3. The molecule has 102 valence electrons. The summed E-state index contributed by atoms with van der Waals surface area (Å²) >= 11 is 0. The van der Waals surface area contributed by atoms with Gasteiger partial charge in [0.15, 0.2) is 0 Å². The van der Waals surface area contributed by atoms with Gasteiger partial charge >= 0.3 is 0 Å². The molecule has 0 heterocycles. The highest BCUT2D eigenvalue weighted by Gasteiger charge is 2.27. The van der Waals surface area contributed by atoms with Crippen LogP contribution in [0.25, 0.3) is 0 Å². The summed E-state index contributed by atoms with van der Waals surface area (Å²) in [6.45, 7) is 0. The van der Waals surface area contributed by atoms with E-state index in [1.54, 1.807) is 19.0 Å². The molecule has 0 bridgehead atoms. The Kier molecular flexibility index (Phi) is 4.38. The van der Waals surface area contributed by atoms with Gasteiger partial charge in [0.05, 0.1) is 0 Å². The van der Waals surface area contributed by atoms with Crippen LogP contribution in [0.5, 0.6) is 0 Å². The Hall–Kier alpha value is -1.61. The van der Waals surface area contributed by atoms with Crippen molar-refractivity contribution in [2.24, 2.45) is 5.92 Å². The van der Waals surface area contributed by atoms with Crippen LogP contribution >= 0.6 is 0 Å². The molecule has 1 aliphatic rings. The Bertz CT molecular complexity index is 465. The highest BCUT2D eigenvalue weighted by molar-refractivity contribution is 5.78. The third-order valence-corrected chi connectivity index (χ3v) is 3.66. The van der Waals surface area contributed by atoms with E-state index in [1.807, 2.05) is 30.3 Å². The van der Waals surface area contributed by atoms with Gasteiger partial charge in [-0.2, -0.15) is 0 Å². The lowest BCUT2D eigenvalue weighted by atomic mass is 9.84. The van der Waals surface area contributed by atoms with Crippen LogP contribution in [0.4, 0.5) is 0 Å². The molecule has 2 atom stereocenters. The topological polar surface area (TPSA) is 40.5 Å². The number of aliphatic hydroxyl groups excluding tert-OH is 1. The van der Waals surface area contributed by atoms with E-state index in [1.165, 1.54) is 0 Å². The van der Waals surface area contributed by atoms with Crippen molar-refractivity contribution in [1.82, 2.24) is 4.90 Å². The summed E-state index contributed by atoms with van der Waals surface area (Å²) < 4.78 is 0. The lowest BCUT2D eigenvalue weighted by Crippen LogP contribution is -2.31. The third-order valence-electron chi connectivity index (χ3n) is 3.66. The number of aliphatic hydroxyl groups is 1. The summed E-state index contributed by atoms with van der Waals surface area (Å²) in [7, 11) is 3.57. The second-order valence-electron chi connectivity index (χ2n) is 5.30. The fraction of sp³-hybridized carbons (Fsp3) is 0.438. The summed E-state index contributed by atoms with van der Waals surface area (Å²) in [5, 5.41) is 10.4. The standard InChI is InChI=1S/C16H21NO2/c1-17(2)16(19)14-10-6-9-13(11-14)15(18)12-7-4-3-5-8-12/h3-5,7-9,14-15,18H,6,10-11H2,1-2H3. The predicted molar refractivity (Wildman–Crippen MR) is 75.5 cm³/mol. The molecule has 3 heteroatoms. The largest absolute Gasteiger partial charge is 0.384 e. The zero-order valence-electron chi connectivity index (χ0n) is 11.5.